The Hall–Kier alpha value is -1.87. The van der Waals surface area contributed by atoms with Gasteiger partial charge in [0, 0.05) is 32.6 Å². The summed E-state index contributed by atoms with van der Waals surface area (Å²) in [6.07, 6.45) is 5.74. The first-order valence-corrected chi connectivity index (χ1v) is 10.8. The predicted molar refractivity (Wildman–Crippen MR) is 96.7 cm³/mol. The normalized spacial score (nSPS) is 20.0. The maximum Gasteiger partial charge on any atom is 0.371 e. The Labute approximate surface area is 159 Å². The zero-order chi connectivity index (χ0) is 19.6. The van der Waals surface area contributed by atoms with E-state index in [0.717, 1.165) is 18.7 Å². The number of amides is 1. The molecule has 0 atom stereocenters. The standard InChI is InChI=1S/C18H26N2O6S/c1-19(12-13-4-2-3-5-13)17(21)14-8-10-20(11-9-14)27(24,25)16-7-6-15(26-16)18(22)23/h6-7,13-14H,2-5,8-12H2,1H3,(H,22,23). The number of rotatable bonds is 6. The van der Waals surface area contributed by atoms with Crippen LogP contribution < -0.4 is 0 Å². The third-order valence-corrected chi connectivity index (χ3v) is 7.35. The van der Waals surface area contributed by atoms with Gasteiger partial charge in [-0.15, -0.1) is 0 Å². The molecule has 2 fully saturated rings. The van der Waals surface area contributed by atoms with Crippen molar-refractivity contribution in [1.29, 1.82) is 0 Å². The third kappa shape index (κ3) is 4.35. The molecule has 1 saturated carbocycles. The second kappa shape index (κ2) is 8.02. The monoisotopic (exact) mass is 398 g/mol. The Bertz CT molecular complexity index is 789. The first-order valence-electron chi connectivity index (χ1n) is 9.37. The molecule has 150 valence electrons. The molecule has 1 aromatic heterocycles. The molecule has 0 aromatic carbocycles. The van der Waals surface area contributed by atoms with E-state index >= 15 is 0 Å². The number of furan rings is 1. The Morgan fingerprint density at radius 3 is 2.37 bits per heavy atom. The molecule has 8 nitrogen and oxygen atoms in total. The van der Waals surface area contributed by atoms with Crippen LogP contribution in [0.5, 0.6) is 0 Å². The summed E-state index contributed by atoms with van der Waals surface area (Å²) in [6.45, 7) is 1.22. The van der Waals surface area contributed by atoms with Crippen LogP contribution in [-0.4, -0.2) is 61.3 Å². The van der Waals surface area contributed by atoms with Gasteiger partial charge in [-0.05, 0) is 43.7 Å². The molecule has 0 radical (unpaired) electrons. The van der Waals surface area contributed by atoms with Crippen LogP contribution in [0.3, 0.4) is 0 Å². The highest BCUT2D eigenvalue weighted by atomic mass is 32.2. The Balaban J connectivity index is 1.57. The van der Waals surface area contributed by atoms with Crippen molar-refractivity contribution < 1.29 is 27.5 Å². The minimum Gasteiger partial charge on any atom is -0.475 e. The van der Waals surface area contributed by atoms with Crippen molar-refractivity contribution in [1.82, 2.24) is 9.21 Å². The van der Waals surface area contributed by atoms with Gasteiger partial charge in [0.2, 0.25) is 16.8 Å². The highest BCUT2D eigenvalue weighted by Gasteiger charge is 2.35. The van der Waals surface area contributed by atoms with E-state index in [9.17, 15) is 18.0 Å². The van der Waals surface area contributed by atoms with Crippen molar-refractivity contribution in [2.75, 3.05) is 26.7 Å². The van der Waals surface area contributed by atoms with Gasteiger partial charge in [-0.1, -0.05) is 12.8 Å². The summed E-state index contributed by atoms with van der Waals surface area (Å²) in [4.78, 5) is 25.3. The topological polar surface area (TPSA) is 108 Å². The first-order chi connectivity index (χ1) is 12.8. The van der Waals surface area contributed by atoms with Crippen molar-refractivity contribution in [3.63, 3.8) is 0 Å². The zero-order valence-corrected chi connectivity index (χ0v) is 16.3. The second-order valence-corrected chi connectivity index (χ2v) is 9.34. The van der Waals surface area contributed by atoms with E-state index in [1.165, 1.54) is 30.0 Å². The lowest BCUT2D eigenvalue weighted by Gasteiger charge is -2.32. The van der Waals surface area contributed by atoms with E-state index < -0.39 is 21.8 Å². The Kier molecular flexibility index (Phi) is 5.90. The van der Waals surface area contributed by atoms with Crippen molar-refractivity contribution in [3.8, 4) is 0 Å². The molecule has 2 aliphatic rings. The lowest BCUT2D eigenvalue weighted by Crippen LogP contribution is -2.44. The fourth-order valence-corrected chi connectivity index (χ4v) is 5.41. The van der Waals surface area contributed by atoms with Crippen molar-refractivity contribution >= 4 is 21.9 Å². The van der Waals surface area contributed by atoms with Crippen LogP contribution in [0.25, 0.3) is 0 Å². The fourth-order valence-electron chi connectivity index (χ4n) is 4.03. The van der Waals surface area contributed by atoms with Crippen molar-refractivity contribution in [3.05, 3.63) is 17.9 Å². The number of carboxylic acid groups (broad SMARTS) is 1. The molecule has 0 bridgehead atoms. The number of carbonyl (C=O) groups is 2. The number of nitrogens with zero attached hydrogens (tertiary/aromatic N) is 2. The quantitative estimate of drug-likeness (QED) is 0.785. The first kappa shape index (κ1) is 19.9. The van der Waals surface area contributed by atoms with Gasteiger partial charge in [0.25, 0.3) is 10.0 Å². The number of carbonyl (C=O) groups excluding carboxylic acids is 1. The highest BCUT2D eigenvalue weighted by molar-refractivity contribution is 7.89. The predicted octanol–water partition coefficient (Wildman–Crippen LogP) is 2.03. The van der Waals surface area contributed by atoms with Gasteiger partial charge in [0.15, 0.2) is 0 Å². The molecule has 27 heavy (non-hydrogen) atoms. The van der Waals surface area contributed by atoms with Crippen LogP contribution in [0.1, 0.15) is 49.1 Å². The molecule has 1 saturated heterocycles. The summed E-state index contributed by atoms with van der Waals surface area (Å²) in [7, 11) is -2.05. The largest absolute Gasteiger partial charge is 0.475 e. The highest BCUT2D eigenvalue weighted by Crippen LogP contribution is 2.28. The molecule has 2 heterocycles. The van der Waals surface area contributed by atoms with Gasteiger partial charge in [0.05, 0.1) is 0 Å². The molecule has 0 unspecified atom stereocenters. The smallest absolute Gasteiger partial charge is 0.371 e. The van der Waals surface area contributed by atoms with Crippen LogP contribution in [0.4, 0.5) is 0 Å². The number of piperidine rings is 1. The molecule has 1 aliphatic heterocycles. The van der Waals surface area contributed by atoms with Crippen molar-refractivity contribution in [2.45, 2.75) is 43.6 Å². The summed E-state index contributed by atoms with van der Waals surface area (Å²) in [6, 6.07) is 2.29. The van der Waals surface area contributed by atoms with E-state index in [1.54, 1.807) is 4.90 Å². The van der Waals surface area contributed by atoms with E-state index in [0.29, 0.717) is 18.8 Å². The molecular weight excluding hydrogens is 372 g/mol. The summed E-state index contributed by atoms with van der Waals surface area (Å²) < 4.78 is 31.4. The summed E-state index contributed by atoms with van der Waals surface area (Å²) in [5.41, 5.74) is 0. The van der Waals surface area contributed by atoms with Gasteiger partial charge >= 0.3 is 5.97 Å². The van der Waals surface area contributed by atoms with Gasteiger partial charge in [-0.25, -0.2) is 13.2 Å². The Morgan fingerprint density at radius 1 is 1.19 bits per heavy atom. The SMILES string of the molecule is CN(CC1CCCC1)C(=O)C1CCN(S(=O)(=O)c2ccc(C(=O)O)o2)CC1. The molecule has 1 N–H and O–H groups in total. The molecule has 9 heteroatoms. The maximum absolute atomic E-state index is 12.7. The number of hydrogen-bond donors (Lipinski definition) is 1. The van der Waals surface area contributed by atoms with Crippen LogP contribution in [0, 0.1) is 11.8 Å². The average molecular weight is 398 g/mol. The minimum atomic E-state index is -3.88. The van der Waals surface area contributed by atoms with Gasteiger partial charge in [0.1, 0.15) is 0 Å². The van der Waals surface area contributed by atoms with E-state index in [2.05, 4.69) is 0 Å². The number of sulfonamides is 1. The molecule has 0 spiro atoms. The fraction of sp³-hybridized carbons (Fsp3) is 0.667. The van der Waals surface area contributed by atoms with Crippen molar-refractivity contribution in [2.24, 2.45) is 11.8 Å². The number of hydrogen-bond acceptors (Lipinski definition) is 5. The van der Waals surface area contributed by atoms with E-state index in [1.807, 2.05) is 7.05 Å². The second-order valence-electron chi connectivity index (χ2n) is 7.47. The van der Waals surface area contributed by atoms with Crippen LogP contribution in [-0.2, 0) is 14.8 Å². The number of aromatic carboxylic acids is 1. The van der Waals surface area contributed by atoms with E-state index in [4.69, 9.17) is 9.52 Å². The summed E-state index contributed by atoms with van der Waals surface area (Å²) in [5.74, 6) is -1.22. The third-order valence-electron chi connectivity index (χ3n) is 5.57. The molecule has 1 aliphatic carbocycles. The minimum absolute atomic E-state index is 0.0881. The van der Waals surface area contributed by atoms with Crippen LogP contribution in [0.15, 0.2) is 21.6 Å². The summed E-state index contributed by atoms with van der Waals surface area (Å²) >= 11 is 0. The molecular formula is C18H26N2O6S. The average Bonchev–Trinajstić information content (AvgIpc) is 3.33. The molecule has 1 aromatic rings. The van der Waals surface area contributed by atoms with Gasteiger partial charge in [-0.3, -0.25) is 4.79 Å². The molecule has 1 amide bonds. The number of carboxylic acids is 1. The van der Waals surface area contributed by atoms with Crippen LogP contribution >= 0.6 is 0 Å². The Morgan fingerprint density at radius 2 is 1.81 bits per heavy atom. The van der Waals surface area contributed by atoms with Gasteiger partial charge < -0.3 is 14.4 Å². The zero-order valence-electron chi connectivity index (χ0n) is 15.5. The molecule has 3 rings (SSSR count). The lowest BCUT2D eigenvalue weighted by molar-refractivity contribution is -0.136. The van der Waals surface area contributed by atoms with E-state index in [-0.39, 0.29) is 30.0 Å². The van der Waals surface area contributed by atoms with Crippen LogP contribution in [0.2, 0.25) is 0 Å². The summed E-state index contributed by atoms with van der Waals surface area (Å²) in [5, 5.41) is 8.51. The maximum atomic E-state index is 12.7. The van der Waals surface area contributed by atoms with Gasteiger partial charge in [-0.2, -0.15) is 4.31 Å². The lowest BCUT2D eigenvalue weighted by atomic mass is 9.96.